The molecule has 5 nitrogen and oxygen atoms in total. The van der Waals surface area contributed by atoms with Crippen molar-refractivity contribution in [2.75, 3.05) is 11.6 Å². The molecule has 7 heteroatoms. The van der Waals surface area contributed by atoms with Gasteiger partial charge in [0.15, 0.2) is 9.84 Å². The van der Waals surface area contributed by atoms with Crippen LogP contribution in [-0.4, -0.2) is 20.6 Å². The lowest BCUT2D eigenvalue weighted by molar-refractivity contribution is 0.102. The molecule has 0 saturated heterocycles. The van der Waals surface area contributed by atoms with Crippen LogP contribution >= 0.6 is 15.9 Å². The van der Waals surface area contributed by atoms with Crippen molar-refractivity contribution in [1.82, 2.24) is 0 Å². The van der Waals surface area contributed by atoms with E-state index in [1.807, 2.05) is 24.3 Å². The van der Waals surface area contributed by atoms with Crippen LogP contribution in [0, 0.1) is 0 Å². The van der Waals surface area contributed by atoms with Crippen LogP contribution in [0.15, 0.2) is 77.3 Å². The van der Waals surface area contributed by atoms with Crippen molar-refractivity contribution in [1.29, 1.82) is 0 Å². The van der Waals surface area contributed by atoms with Crippen molar-refractivity contribution >= 4 is 37.4 Å². The van der Waals surface area contributed by atoms with Crippen LogP contribution in [0.5, 0.6) is 11.5 Å². The first kappa shape index (κ1) is 20.1. The number of nitrogens with one attached hydrogen (secondary N) is 1. The molecule has 1 amide bonds. The predicted octanol–water partition coefficient (Wildman–Crippen LogP) is 5.04. The summed E-state index contributed by atoms with van der Waals surface area (Å²) < 4.78 is 29.4. The summed E-state index contributed by atoms with van der Waals surface area (Å²) in [4.78, 5) is 12.4. The van der Waals surface area contributed by atoms with Gasteiger partial charge in [-0.1, -0.05) is 28.1 Å². The van der Waals surface area contributed by atoms with Crippen LogP contribution in [0.1, 0.15) is 15.9 Å². The van der Waals surface area contributed by atoms with Gasteiger partial charge in [0.2, 0.25) is 0 Å². The molecule has 0 aliphatic carbocycles. The van der Waals surface area contributed by atoms with Crippen molar-refractivity contribution in [3.8, 4) is 11.5 Å². The highest BCUT2D eigenvalue weighted by atomic mass is 79.9. The number of carbonyl (C=O) groups excluding carboxylic acids is 1. The van der Waals surface area contributed by atoms with Crippen molar-refractivity contribution in [2.24, 2.45) is 0 Å². The Labute approximate surface area is 172 Å². The fourth-order valence-corrected chi connectivity index (χ4v) is 3.57. The lowest BCUT2D eigenvalue weighted by Crippen LogP contribution is -2.12. The molecule has 0 fully saturated rings. The van der Waals surface area contributed by atoms with E-state index >= 15 is 0 Å². The summed E-state index contributed by atoms with van der Waals surface area (Å²) in [6.45, 7) is 0. The van der Waals surface area contributed by atoms with Crippen molar-refractivity contribution < 1.29 is 17.9 Å². The SMILES string of the molecule is CS(=O)(=O)Cc1ccc(C(=O)Nc2ccc(Oc3ccc(Br)cc3)cc2)cc1. The number of anilines is 1. The highest BCUT2D eigenvalue weighted by Crippen LogP contribution is 2.24. The second-order valence-electron chi connectivity index (χ2n) is 6.30. The number of hydrogen-bond acceptors (Lipinski definition) is 4. The van der Waals surface area contributed by atoms with E-state index in [4.69, 9.17) is 4.74 Å². The van der Waals surface area contributed by atoms with E-state index in [-0.39, 0.29) is 11.7 Å². The molecular weight excluding hydrogens is 442 g/mol. The number of amides is 1. The number of carbonyl (C=O) groups is 1. The quantitative estimate of drug-likeness (QED) is 0.560. The number of ether oxygens (including phenoxy) is 1. The van der Waals surface area contributed by atoms with E-state index < -0.39 is 9.84 Å². The Bertz CT molecular complexity index is 1060. The molecule has 3 aromatic rings. The van der Waals surface area contributed by atoms with Crippen LogP contribution in [0.3, 0.4) is 0 Å². The molecule has 3 aromatic carbocycles. The van der Waals surface area contributed by atoms with Gasteiger partial charge in [0.1, 0.15) is 11.5 Å². The van der Waals surface area contributed by atoms with Gasteiger partial charge >= 0.3 is 0 Å². The molecule has 0 spiro atoms. The monoisotopic (exact) mass is 459 g/mol. The molecule has 3 rings (SSSR count). The van der Waals surface area contributed by atoms with E-state index in [2.05, 4.69) is 21.2 Å². The van der Waals surface area contributed by atoms with E-state index in [9.17, 15) is 13.2 Å². The minimum absolute atomic E-state index is 0.0469. The maximum atomic E-state index is 12.4. The second kappa shape index (κ2) is 8.58. The summed E-state index contributed by atoms with van der Waals surface area (Å²) in [5.41, 5.74) is 1.73. The maximum absolute atomic E-state index is 12.4. The summed E-state index contributed by atoms with van der Waals surface area (Å²) in [5.74, 6) is 1.06. The fraction of sp³-hybridized carbons (Fsp3) is 0.0952. The lowest BCUT2D eigenvalue weighted by Gasteiger charge is -2.09. The third-order valence-electron chi connectivity index (χ3n) is 3.81. The largest absolute Gasteiger partial charge is 0.457 e. The first-order valence-corrected chi connectivity index (χ1v) is 11.3. The number of hydrogen-bond donors (Lipinski definition) is 1. The predicted molar refractivity (Wildman–Crippen MR) is 114 cm³/mol. The number of rotatable bonds is 6. The summed E-state index contributed by atoms with van der Waals surface area (Å²) in [7, 11) is -3.10. The first-order chi connectivity index (χ1) is 13.3. The molecular formula is C21H18BrNO4S. The Morgan fingerprint density at radius 2 is 1.43 bits per heavy atom. The molecule has 0 unspecified atom stereocenters. The molecule has 144 valence electrons. The van der Waals surface area contributed by atoms with Gasteiger partial charge < -0.3 is 10.1 Å². The van der Waals surface area contributed by atoms with Crippen LogP contribution in [0.4, 0.5) is 5.69 Å². The lowest BCUT2D eigenvalue weighted by atomic mass is 10.1. The Kier molecular flexibility index (Phi) is 6.16. The Morgan fingerprint density at radius 1 is 0.893 bits per heavy atom. The second-order valence-corrected chi connectivity index (χ2v) is 9.36. The average Bonchev–Trinajstić information content (AvgIpc) is 2.64. The van der Waals surface area contributed by atoms with Crippen molar-refractivity contribution in [3.05, 3.63) is 88.4 Å². The molecule has 0 atom stereocenters. The molecule has 28 heavy (non-hydrogen) atoms. The van der Waals surface area contributed by atoms with Gasteiger partial charge in [-0.25, -0.2) is 8.42 Å². The highest BCUT2D eigenvalue weighted by molar-refractivity contribution is 9.10. The summed E-state index contributed by atoms with van der Waals surface area (Å²) in [6.07, 6.45) is 1.18. The van der Waals surface area contributed by atoms with Gasteiger partial charge in [-0.05, 0) is 66.2 Å². The molecule has 0 bridgehead atoms. The van der Waals surface area contributed by atoms with Gasteiger partial charge in [0.25, 0.3) is 5.91 Å². The molecule has 0 saturated carbocycles. The number of benzene rings is 3. The Morgan fingerprint density at radius 3 is 1.96 bits per heavy atom. The smallest absolute Gasteiger partial charge is 0.255 e. The van der Waals surface area contributed by atoms with E-state index in [0.29, 0.717) is 28.3 Å². The normalized spacial score (nSPS) is 11.1. The Balaban J connectivity index is 1.61. The molecule has 0 aliphatic rings. The number of sulfone groups is 1. The first-order valence-electron chi connectivity index (χ1n) is 8.40. The molecule has 1 N–H and O–H groups in total. The van der Waals surface area contributed by atoms with Gasteiger partial charge in [-0.15, -0.1) is 0 Å². The van der Waals surface area contributed by atoms with E-state index in [0.717, 1.165) is 4.47 Å². The van der Waals surface area contributed by atoms with Crippen molar-refractivity contribution in [3.63, 3.8) is 0 Å². The zero-order valence-electron chi connectivity index (χ0n) is 15.1. The maximum Gasteiger partial charge on any atom is 0.255 e. The van der Waals surface area contributed by atoms with Gasteiger partial charge in [0.05, 0.1) is 5.75 Å². The van der Waals surface area contributed by atoms with Crippen LogP contribution in [0.2, 0.25) is 0 Å². The van der Waals surface area contributed by atoms with E-state index in [1.165, 1.54) is 6.26 Å². The fourth-order valence-electron chi connectivity index (χ4n) is 2.50. The summed E-state index contributed by atoms with van der Waals surface area (Å²) >= 11 is 3.38. The van der Waals surface area contributed by atoms with Gasteiger partial charge in [-0.2, -0.15) is 0 Å². The van der Waals surface area contributed by atoms with Crippen LogP contribution in [-0.2, 0) is 15.6 Å². The molecule has 0 aliphatic heterocycles. The number of halogens is 1. The molecule has 0 aromatic heterocycles. The van der Waals surface area contributed by atoms with Gasteiger partial charge in [0, 0.05) is 22.0 Å². The topological polar surface area (TPSA) is 72.5 Å². The molecule has 0 radical (unpaired) electrons. The minimum Gasteiger partial charge on any atom is -0.457 e. The minimum atomic E-state index is -3.10. The molecule has 0 heterocycles. The summed E-state index contributed by atoms with van der Waals surface area (Å²) in [6, 6.07) is 21.1. The van der Waals surface area contributed by atoms with Crippen LogP contribution in [0.25, 0.3) is 0 Å². The van der Waals surface area contributed by atoms with Crippen molar-refractivity contribution in [2.45, 2.75) is 5.75 Å². The zero-order valence-corrected chi connectivity index (χ0v) is 17.5. The van der Waals surface area contributed by atoms with E-state index in [1.54, 1.807) is 48.5 Å². The third kappa shape index (κ3) is 5.94. The van der Waals surface area contributed by atoms with Crippen LogP contribution < -0.4 is 10.1 Å². The average molecular weight is 460 g/mol. The third-order valence-corrected chi connectivity index (χ3v) is 5.19. The Hall–Kier alpha value is -2.64. The summed E-state index contributed by atoms with van der Waals surface area (Å²) in [5, 5.41) is 2.81. The standard InChI is InChI=1S/C21H18BrNO4S/c1-28(25,26)14-15-2-4-16(5-3-15)21(24)23-18-8-12-20(13-9-18)27-19-10-6-17(22)7-11-19/h2-13H,14H2,1H3,(H,23,24). The van der Waals surface area contributed by atoms with Gasteiger partial charge in [-0.3, -0.25) is 4.79 Å². The zero-order chi connectivity index (χ0) is 20.1. The highest BCUT2D eigenvalue weighted by Gasteiger charge is 2.09.